The van der Waals surface area contributed by atoms with Crippen molar-refractivity contribution in [3.8, 4) is 0 Å². The van der Waals surface area contributed by atoms with Gasteiger partial charge >= 0.3 is 0 Å². The molecule has 1 aliphatic rings. The molecule has 68 valence electrons. The fraction of sp³-hybridized carbons (Fsp3) is 1.00. The van der Waals surface area contributed by atoms with Crippen molar-refractivity contribution in [1.29, 1.82) is 0 Å². The highest BCUT2D eigenvalue weighted by atomic mass is 79.9. The lowest BCUT2D eigenvalue weighted by Crippen LogP contribution is -2.52. The zero-order valence-electron chi connectivity index (χ0n) is 5.62. The Morgan fingerprint density at radius 2 is 1.55 bits per heavy atom. The van der Waals surface area contributed by atoms with E-state index in [1.165, 1.54) is 0 Å². The SMILES string of the molecule is Br.OC1OC[C@@H](O)[C@H](O)[C@H]1O. The molecule has 1 aliphatic heterocycles. The molecule has 4 atom stereocenters. The second-order valence-corrected chi connectivity index (χ2v) is 2.27. The largest absolute Gasteiger partial charge is 0.388 e. The van der Waals surface area contributed by atoms with Crippen LogP contribution >= 0.6 is 17.0 Å². The highest BCUT2D eigenvalue weighted by Gasteiger charge is 2.36. The molecule has 0 aliphatic carbocycles. The van der Waals surface area contributed by atoms with Crippen LogP contribution in [0.1, 0.15) is 0 Å². The van der Waals surface area contributed by atoms with E-state index in [9.17, 15) is 0 Å². The van der Waals surface area contributed by atoms with Crippen LogP contribution < -0.4 is 0 Å². The Morgan fingerprint density at radius 3 is 2.00 bits per heavy atom. The molecule has 5 nitrogen and oxygen atoms in total. The third-order valence-corrected chi connectivity index (χ3v) is 1.47. The minimum atomic E-state index is -1.41. The van der Waals surface area contributed by atoms with Crippen molar-refractivity contribution >= 4 is 17.0 Å². The molecule has 0 saturated carbocycles. The summed E-state index contributed by atoms with van der Waals surface area (Å²) in [5, 5.41) is 35.3. The Bertz CT molecular complexity index is 107. The molecule has 1 heterocycles. The second kappa shape index (κ2) is 4.34. The first-order chi connectivity index (χ1) is 4.63. The van der Waals surface area contributed by atoms with Crippen molar-refractivity contribution in [2.24, 2.45) is 0 Å². The maximum atomic E-state index is 8.88. The van der Waals surface area contributed by atoms with Crippen LogP contribution in [-0.4, -0.2) is 51.6 Å². The zero-order chi connectivity index (χ0) is 7.72. The van der Waals surface area contributed by atoms with Crippen molar-refractivity contribution in [1.82, 2.24) is 0 Å². The molecular formula is C5H11BrO5. The predicted octanol–water partition coefficient (Wildman–Crippen LogP) is -2.00. The summed E-state index contributed by atoms with van der Waals surface area (Å²) in [4.78, 5) is 0. The van der Waals surface area contributed by atoms with Gasteiger partial charge in [-0.25, -0.2) is 0 Å². The maximum absolute atomic E-state index is 8.88. The van der Waals surface area contributed by atoms with E-state index in [1.54, 1.807) is 0 Å². The molecule has 1 saturated heterocycles. The summed E-state index contributed by atoms with van der Waals surface area (Å²) < 4.78 is 4.47. The minimum Gasteiger partial charge on any atom is -0.388 e. The lowest BCUT2D eigenvalue weighted by molar-refractivity contribution is -0.252. The second-order valence-electron chi connectivity index (χ2n) is 2.27. The van der Waals surface area contributed by atoms with Gasteiger partial charge in [0.05, 0.1) is 6.61 Å². The number of rotatable bonds is 0. The predicted molar refractivity (Wildman–Crippen MR) is 40.3 cm³/mol. The van der Waals surface area contributed by atoms with Crippen LogP contribution in [0.4, 0.5) is 0 Å². The van der Waals surface area contributed by atoms with Gasteiger partial charge in [-0.05, 0) is 0 Å². The Balaban J connectivity index is 0.000001000. The molecule has 0 aromatic rings. The highest BCUT2D eigenvalue weighted by molar-refractivity contribution is 8.93. The molecule has 1 unspecified atom stereocenters. The monoisotopic (exact) mass is 230 g/mol. The summed E-state index contributed by atoms with van der Waals surface area (Å²) in [7, 11) is 0. The van der Waals surface area contributed by atoms with Gasteiger partial charge in [0.15, 0.2) is 6.29 Å². The summed E-state index contributed by atoms with van der Waals surface area (Å²) in [5.41, 5.74) is 0. The molecule has 1 rings (SSSR count). The van der Waals surface area contributed by atoms with E-state index in [0.29, 0.717) is 0 Å². The number of aliphatic hydroxyl groups excluding tert-OH is 4. The first-order valence-electron chi connectivity index (χ1n) is 2.97. The molecular weight excluding hydrogens is 220 g/mol. The van der Waals surface area contributed by atoms with E-state index in [1.807, 2.05) is 0 Å². The molecule has 0 spiro atoms. The van der Waals surface area contributed by atoms with Gasteiger partial charge in [-0.2, -0.15) is 0 Å². The number of aliphatic hydroxyl groups is 4. The fourth-order valence-corrected chi connectivity index (χ4v) is 0.791. The van der Waals surface area contributed by atoms with Crippen LogP contribution in [0.2, 0.25) is 0 Å². The van der Waals surface area contributed by atoms with Gasteiger partial charge in [0, 0.05) is 0 Å². The van der Waals surface area contributed by atoms with Gasteiger partial charge in [-0.15, -0.1) is 17.0 Å². The van der Waals surface area contributed by atoms with Gasteiger partial charge < -0.3 is 25.2 Å². The van der Waals surface area contributed by atoms with Crippen LogP contribution in [0.25, 0.3) is 0 Å². The van der Waals surface area contributed by atoms with Gasteiger partial charge in [0.25, 0.3) is 0 Å². The molecule has 0 aromatic heterocycles. The maximum Gasteiger partial charge on any atom is 0.183 e. The Labute approximate surface area is 74.0 Å². The van der Waals surface area contributed by atoms with Gasteiger partial charge in [-0.1, -0.05) is 0 Å². The summed E-state index contributed by atoms with van der Waals surface area (Å²) in [5.74, 6) is 0. The molecule has 0 radical (unpaired) electrons. The minimum absolute atomic E-state index is 0. The lowest BCUT2D eigenvalue weighted by Gasteiger charge is -2.31. The van der Waals surface area contributed by atoms with Crippen molar-refractivity contribution in [2.75, 3.05) is 6.61 Å². The fourth-order valence-electron chi connectivity index (χ4n) is 0.791. The van der Waals surface area contributed by atoms with E-state index in [-0.39, 0.29) is 23.6 Å². The smallest absolute Gasteiger partial charge is 0.183 e. The molecule has 1 fully saturated rings. The van der Waals surface area contributed by atoms with Crippen molar-refractivity contribution in [2.45, 2.75) is 24.6 Å². The van der Waals surface area contributed by atoms with Crippen LogP contribution in [-0.2, 0) is 4.74 Å². The first kappa shape index (κ1) is 11.3. The van der Waals surface area contributed by atoms with Crippen LogP contribution in [0.15, 0.2) is 0 Å². The van der Waals surface area contributed by atoms with Gasteiger partial charge in [0.2, 0.25) is 0 Å². The van der Waals surface area contributed by atoms with Crippen molar-refractivity contribution in [3.05, 3.63) is 0 Å². The van der Waals surface area contributed by atoms with E-state index in [4.69, 9.17) is 20.4 Å². The number of halogens is 1. The van der Waals surface area contributed by atoms with E-state index in [0.717, 1.165) is 0 Å². The van der Waals surface area contributed by atoms with Crippen molar-refractivity contribution in [3.63, 3.8) is 0 Å². The third kappa shape index (κ3) is 2.36. The normalized spacial score (nSPS) is 44.7. The summed E-state index contributed by atoms with van der Waals surface area (Å²) >= 11 is 0. The first-order valence-corrected chi connectivity index (χ1v) is 2.97. The molecule has 6 heteroatoms. The summed E-state index contributed by atoms with van der Waals surface area (Å²) in [6.07, 6.45) is -5.23. The zero-order valence-corrected chi connectivity index (χ0v) is 7.33. The Morgan fingerprint density at radius 1 is 1.00 bits per heavy atom. The van der Waals surface area contributed by atoms with Crippen LogP contribution in [0.5, 0.6) is 0 Å². The number of hydrogen-bond acceptors (Lipinski definition) is 5. The van der Waals surface area contributed by atoms with Crippen LogP contribution in [0.3, 0.4) is 0 Å². The molecule has 11 heavy (non-hydrogen) atoms. The lowest BCUT2D eigenvalue weighted by atomic mass is 10.1. The standard InChI is InChI=1S/C5H10O5.BrH/c6-2-1-10-5(9)4(8)3(2)7;/h2-9H,1H2;1H/t2-,3+,4-,5?;/m1./s1. The third-order valence-electron chi connectivity index (χ3n) is 1.47. The summed E-state index contributed by atoms with van der Waals surface area (Å²) in [6, 6.07) is 0. The molecule has 0 bridgehead atoms. The van der Waals surface area contributed by atoms with E-state index < -0.39 is 24.6 Å². The average Bonchev–Trinajstić information content (AvgIpc) is 1.93. The average molecular weight is 231 g/mol. The van der Waals surface area contributed by atoms with E-state index in [2.05, 4.69) is 4.74 Å². The Kier molecular flexibility index (Phi) is 4.45. The van der Waals surface area contributed by atoms with Gasteiger partial charge in [-0.3, -0.25) is 0 Å². The Hall–Kier alpha value is 0.280. The number of hydrogen-bond donors (Lipinski definition) is 4. The summed E-state index contributed by atoms with van der Waals surface area (Å²) in [6.45, 7) is -0.153. The molecule has 0 amide bonds. The molecule has 0 aromatic carbocycles. The quantitative estimate of drug-likeness (QED) is 0.387. The van der Waals surface area contributed by atoms with Gasteiger partial charge in [0.1, 0.15) is 18.3 Å². The molecule has 4 N–H and O–H groups in total. The van der Waals surface area contributed by atoms with E-state index >= 15 is 0 Å². The van der Waals surface area contributed by atoms with Crippen LogP contribution in [0, 0.1) is 0 Å². The highest BCUT2D eigenvalue weighted by Crippen LogP contribution is 2.12. The number of ether oxygens (including phenoxy) is 1. The topological polar surface area (TPSA) is 90.2 Å². The van der Waals surface area contributed by atoms with Crippen molar-refractivity contribution < 1.29 is 25.2 Å².